The maximum Gasteiger partial charge on any atom is 0.202 e. The van der Waals surface area contributed by atoms with E-state index in [1.807, 2.05) is 36.4 Å². The Labute approximate surface area is 176 Å². The van der Waals surface area contributed by atoms with Crippen LogP contribution in [0.1, 0.15) is 32.3 Å². The van der Waals surface area contributed by atoms with Gasteiger partial charge in [-0.15, -0.1) is 0 Å². The minimum Gasteiger partial charge on any atom is -0.375 e. The maximum atomic E-state index is 6.12. The molecule has 28 heavy (non-hydrogen) atoms. The Kier molecular flexibility index (Phi) is 4.94. The molecule has 2 aromatic carbocycles. The number of thiocarbonyl (C=S) groups is 1. The molecule has 146 valence electrons. The second-order valence-corrected chi connectivity index (χ2v) is 8.86. The summed E-state index contributed by atoms with van der Waals surface area (Å²) in [5, 5.41) is 4.86. The summed E-state index contributed by atoms with van der Waals surface area (Å²) >= 11 is 11.9. The zero-order chi connectivity index (χ0) is 19.9. The predicted molar refractivity (Wildman–Crippen MR) is 121 cm³/mol. The molecule has 0 radical (unpaired) electrons. The van der Waals surface area contributed by atoms with Crippen molar-refractivity contribution < 1.29 is 4.74 Å². The lowest BCUT2D eigenvalue weighted by atomic mass is 9.79. The number of aryl methyl sites for hydroxylation is 1. The number of hydrogen-bond donors (Lipinski definition) is 1. The van der Waals surface area contributed by atoms with Gasteiger partial charge in [-0.1, -0.05) is 29.8 Å². The third kappa shape index (κ3) is 3.43. The molecule has 1 spiro atoms. The van der Waals surface area contributed by atoms with E-state index in [2.05, 4.69) is 43.1 Å². The number of aliphatic imine (C=N–C) groups is 1. The van der Waals surface area contributed by atoms with Gasteiger partial charge in [0.1, 0.15) is 11.4 Å². The minimum absolute atomic E-state index is 0.281. The molecule has 1 saturated heterocycles. The molecule has 0 bridgehead atoms. The normalized spacial score (nSPS) is 23.8. The Bertz CT molecular complexity index is 941. The van der Waals surface area contributed by atoms with Crippen molar-refractivity contribution in [2.75, 3.05) is 16.8 Å². The molecule has 2 aliphatic rings. The van der Waals surface area contributed by atoms with Crippen LogP contribution in [0, 0.1) is 6.92 Å². The molecule has 1 atom stereocenters. The summed E-state index contributed by atoms with van der Waals surface area (Å²) in [4.78, 5) is 6.99. The highest BCUT2D eigenvalue weighted by Gasteiger charge is 2.53. The van der Waals surface area contributed by atoms with Crippen molar-refractivity contribution in [2.24, 2.45) is 4.99 Å². The molecule has 2 aliphatic heterocycles. The van der Waals surface area contributed by atoms with Crippen LogP contribution in [0.25, 0.3) is 0 Å². The van der Waals surface area contributed by atoms with E-state index in [1.165, 1.54) is 5.56 Å². The highest BCUT2D eigenvalue weighted by atomic mass is 35.5. The first kappa shape index (κ1) is 19.4. The lowest BCUT2D eigenvalue weighted by Crippen LogP contribution is -2.60. The van der Waals surface area contributed by atoms with E-state index in [9.17, 15) is 0 Å². The molecule has 1 N–H and O–H groups in total. The molecule has 0 amide bonds. The molecule has 6 heteroatoms. The molecular weight excluding hydrogens is 390 g/mol. The van der Waals surface area contributed by atoms with Gasteiger partial charge in [-0.2, -0.15) is 0 Å². The highest BCUT2D eigenvalue weighted by Crippen LogP contribution is 2.44. The van der Waals surface area contributed by atoms with Crippen LogP contribution in [0.4, 0.5) is 11.4 Å². The number of halogens is 1. The number of nitrogens with one attached hydrogen (secondary N) is 1. The quantitative estimate of drug-likeness (QED) is 0.651. The maximum absolute atomic E-state index is 6.12. The molecule has 2 heterocycles. The summed E-state index contributed by atoms with van der Waals surface area (Å²) in [6.45, 7) is 6.99. The molecular formula is C22H24ClN3OS. The molecule has 0 unspecified atom stereocenters. The van der Waals surface area contributed by atoms with Crippen molar-refractivity contribution in [1.82, 2.24) is 0 Å². The van der Waals surface area contributed by atoms with E-state index in [0.717, 1.165) is 30.1 Å². The van der Waals surface area contributed by atoms with Crippen LogP contribution >= 0.6 is 23.8 Å². The summed E-state index contributed by atoms with van der Waals surface area (Å²) in [6.07, 6.45) is 1.58. The molecule has 1 fully saturated rings. The molecule has 4 rings (SSSR count). The smallest absolute Gasteiger partial charge is 0.202 e. The number of benzene rings is 2. The summed E-state index contributed by atoms with van der Waals surface area (Å²) in [5.74, 6) is 0.887. The number of amidine groups is 1. The first-order valence-electron chi connectivity index (χ1n) is 9.46. The van der Waals surface area contributed by atoms with E-state index in [0.29, 0.717) is 16.7 Å². The fraction of sp³-hybridized carbons (Fsp3) is 0.364. The fourth-order valence-electron chi connectivity index (χ4n) is 4.20. The Balaban J connectivity index is 1.79. The van der Waals surface area contributed by atoms with Gasteiger partial charge in [0.05, 0.1) is 5.60 Å². The van der Waals surface area contributed by atoms with Gasteiger partial charge in [0.25, 0.3) is 0 Å². The van der Waals surface area contributed by atoms with Crippen molar-refractivity contribution in [3.8, 4) is 0 Å². The van der Waals surface area contributed by atoms with Crippen LogP contribution in [0.15, 0.2) is 53.5 Å². The average Bonchev–Trinajstić information content (AvgIpc) is 2.88. The Morgan fingerprint density at radius 3 is 2.54 bits per heavy atom. The molecule has 0 saturated carbocycles. The topological polar surface area (TPSA) is 36.9 Å². The summed E-state index contributed by atoms with van der Waals surface area (Å²) < 4.78 is 6.04. The van der Waals surface area contributed by atoms with E-state index < -0.39 is 0 Å². The minimum atomic E-state index is -0.380. The van der Waals surface area contributed by atoms with Crippen LogP contribution in [-0.2, 0) is 4.74 Å². The molecule has 0 aliphatic carbocycles. The summed E-state index contributed by atoms with van der Waals surface area (Å²) in [6, 6.07) is 16.0. The van der Waals surface area contributed by atoms with Gasteiger partial charge in [0, 0.05) is 35.8 Å². The van der Waals surface area contributed by atoms with E-state index in [-0.39, 0.29) is 11.1 Å². The lowest BCUT2D eigenvalue weighted by molar-refractivity contribution is -0.0661. The van der Waals surface area contributed by atoms with Gasteiger partial charge in [0.15, 0.2) is 0 Å². The van der Waals surface area contributed by atoms with Crippen LogP contribution in [0.3, 0.4) is 0 Å². The van der Waals surface area contributed by atoms with Crippen LogP contribution < -0.4 is 10.2 Å². The number of para-hydroxylation sites is 1. The van der Waals surface area contributed by atoms with Gasteiger partial charge < -0.3 is 15.0 Å². The van der Waals surface area contributed by atoms with Crippen LogP contribution in [0.5, 0.6) is 0 Å². The van der Waals surface area contributed by atoms with Crippen LogP contribution in [0.2, 0.25) is 5.02 Å². The molecule has 2 aromatic rings. The predicted octanol–water partition coefficient (Wildman–Crippen LogP) is 5.59. The number of hydrogen-bond acceptors (Lipinski definition) is 3. The lowest BCUT2D eigenvalue weighted by Gasteiger charge is -2.48. The molecule has 4 nitrogen and oxygen atoms in total. The van der Waals surface area contributed by atoms with Gasteiger partial charge in [-0.25, -0.2) is 4.99 Å². The summed E-state index contributed by atoms with van der Waals surface area (Å²) in [7, 11) is 0. The summed E-state index contributed by atoms with van der Waals surface area (Å²) in [5.41, 5.74) is 2.55. The SMILES string of the molecule is Cc1ccccc1NC1=NC(=S)N(c2ccc(Cl)cc2)[C@]12CCOC(C)(C)C2. The second kappa shape index (κ2) is 7.14. The largest absolute Gasteiger partial charge is 0.375 e. The van der Waals surface area contributed by atoms with Crippen molar-refractivity contribution in [1.29, 1.82) is 0 Å². The Morgan fingerprint density at radius 1 is 1.14 bits per heavy atom. The monoisotopic (exact) mass is 413 g/mol. The second-order valence-electron chi connectivity index (χ2n) is 8.06. The van der Waals surface area contributed by atoms with Gasteiger partial charge >= 0.3 is 0 Å². The Morgan fingerprint density at radius 2 is 1.86 bits per heavy atom. The van der Waals surface area contributed by atoms with Crippen molar-refractivity contribution in [3.05, 3.63) is 59.1 Å². The standard InChI is InChI=1S/C22H24ClN3OS/c1-15-6-4-5-7-18(15)24-19-22(12-13-27-21(2,3)14-22)26(20(28)25-19)17-10-8-16(23)9-11-17/h4-11H,12-14H2,1-3H3,(H,24,25,28)/t22-/m0/s1. The van der Waals surface area contributed by atoms with Crippen molar-refractivity contribution in [3.63, 3.8) is 0 Å². The van der Waals surface area contributed by atoms with Gasteiger partial charge in [-0.05, 0) is 68.9 Å². The first-order chi connectivity index (χ1) is 13.3. The number of nitrogens with zero attached hydrogens (tertiary/aromatic N) is 2. The first-order valence-corrected chi connectivity index (χ1v) is 10.2. The van der Waals surface area contributed by atoms with E-state index in [4.69, 9.17) is 33.5 Å². The molecule has 0 aromatic heterocycles. The van der Waals surface area contributed by atoms with Crippen molar-refractivity contribution in [2.45, 2.75) is 44.8 Å². The number of ether oxygens (including phenoxy) is 1. The van der Waals surface area contributed by atoms with Crippen LogP contribution in [-0.4, -0.2) is 28.7 Å². The van der Waals surface area contributed by atoms with E-state index >= 15 is 0 Å². The Hall–Kier alpha value is -1.95. The number of anilines is 2. The zero-order valence-corrected chi connectivity index (χ0v) is 17.9. The number of rotatable bonds is 2. The highest BCUT2D eigenvalue weighted by molar-refractivity contribution is 7.80. The van der Waals surface area contributed by atoms with Gasteiger partial charge in [0.2, 0.25) is 5.11 Å². The zero-order valence-electron chi connectivity index (χ0n) is 16.3. The average molecular weight is 414 g/mol. The van der Waals surface area contributed by atoms with E-state index in [1.54, 1.807) is 0 Å². The third-order valence-electron chi connectivity index (χ3n) is 5.48. The fourth-order valence-corrected chi connectivity index (χ4v) is 4.70. The van der Waals surface area contributed by atoms with Gasteiger partial charge in [-0.3, -0.25) is 0 Å². The third-order valence-corrected chi connectivity index (χ3v) is 6.00. The van der Waals surface area contributed by atoms with Crippen molar-refractivity contribution >= 4 is 46.1 Å².